The third-order valence-electron chi connectivity index (χ3n) is 3.40. The van der Waals surface area contributed by atoms with Gasteiger partial charge < -0.3 is 15.4 Å². The minimum atomic E-state index is 0.193. The number of methoxy groups -OCH3 is 1. The van der Waals surface area contributed by atoms with E-state index < -0.39 is 0 Å². The minimum Gasteiger partial charge on any atom is -0.383 e. The van der Waals surface area contributed by atoms with E-state index in [0.29, 0.717) is 5.92 Å². The molecule has 1 aliphatic carbocycles. The van der Waals surface area contributed by atoms with Gasteiger partial charge in [0.2, 0.25) is 0 Å². The number of nitrogens with zero attached hydrogens (tertiary/aromatic N) is 2. The zero-order valence-corrected chi connectivity index (χ0v) is 13.0. The molecule has 19 heavy (non-hydrogen) atoms. The lowest BCUT2D eigenvalue weighted by Gasteiger charge is -2.23. The maximum absolute atomic E-state index is 6.19. The van der Waals surface area contributed by atoms with E-state index in [0.717, 1.165) is 37.7 Å². The summed E-state index contributed by atoms with van der Waals surface area (Å²) < 4.78 is 5.21. The lowest BCUT2D eigenvalue weighted by molar-refractivity contribution is 0.204. The van der Waals surface area contributed by atoms with Crippen LogP contribution in [0.5, 0.6) is 0 Å². The van der Waals surface area contributed by atoms with E-state index in [9.17, 15) is 0 Å². The Kier molecular flexibility index (Phi) is 5.19. The predicted octanol–water partition coefficient (Wildman–Crippen LogP) is 2.59. The summed E-state index contributed by atoms with van der Waals surface area (Å²) in [4.78, 5) is 8.45. The smallest absolute Gasteiger partial charge is 0.185 e. The van der Waals surface area contributed by atoms with Crippen LogP contribution in [0.2, 0.25) is 0 Å². The highest BCUT2D eigenvalue weighted by atomic mass is 32.1. The van der Waals surface area contributed by atoms with Gasteiger partial charge in [0.15, 0.2) is 5.13 Å². The highest BCUT2D eigenvalue weighted by molar-refractivity contribution is 7.15. The number of aryl methyl sites for hydroxylation is 1. The van der Waals surface area contributed by atoms with Gasteiger partial charge in [0, 0.05) is 31.1 Å². The van der Waals surface area contributed by atoms with Gasteiger partial charge in [-0.25, -0.2) is 4.98 Å². The van der Waals surface area contributed by atoms with Gasteiger partial charge in [-0.3, -0.25) is 0 Å². The van der Waals surface area contributed by atoms with Crippen molar-refractivity contribution >= 4 is 16.5 Å². The zero-order valence-electron chi connectivity index (χ0n) is 12.2. The van der Waals surface area contributed by atoms with Gasteiger partial charge in [-0.1, -0.05) is 25.2 Å². The second kappa shape index (κ2) is 6.68. The number of rotatable bonds is 6. The van der Waals surface area contributed by atoms with Crippen molar-refractivity contribution in [2.45, 2.75) is 39.2 Å². The molecule has 0 saturated heterocycles. The Balaban J connectivity index is 2.16. The minimum absolute atomic E-state index is 0.193. The summed E-state index contributed by atoms with van der Waals surface area (Å²) in [5.74, 6) is 0.617. The van der Waals surface area contributed by atoms with Crippen molar-refractivity contribution < 1.29 is 4.74 Å². The van der Waals surface area contributed by atoms with Crippen molar-refractivity contribution in [1.29, 1.82) is 0 Å². The van der Waals surface area contributed by atoms with E-state index in [1.807, 2.05) is 0 Å². The molecule has 1 atom stereocenters. The van der Waals surface area contributed by atoms with E-state index in [-0.39, 0.29) is 6.04 Å². The average Bonchev–Trinajstić information content (AvgIpc) is 2.79. The van der Waals surface area contributed by atoms with Crippen LogP contribution in [0.4, 0.5) is 5.13 Å². The van der Waals surface area contributed by atoms with Crippen molar-refractivity contribution in [2.24, 2.45) is 11.7 Å². The zero-order chi connectivity index (χ0) is 13.8. The molecule has 1 heterocycles. The van der Waals surface area contributed by atoms with Gasteiger partial charge in [-0.15, -0.1) is 0 Å². The monoisotopic (exact) mass is 283 g/mol. The first-order valence-electron chi connectivity index (χ1n) is 7.11. The van der Waals surface area contributed by atoms with Crippen molar-refractivity contribution in [3.63, 3.8) is 0 Å². The van der Waals surface area contributed by atoms with Crippen LogP contribution in [0.15, 0.2) is 0 Å². The number of thiazole rings is 1. The van der Waals surface area contributed by atoms with Crippen LogP contribution in [0.1, 0.15) is 43.3 Å². The van der Waals surface area contributed by atoms with E-state index in [2.05, 4.69) is 18.7 Å². The molecule has 4 nitrogen and oxygen atoms in total. The Bertz CT molecular complexity index is 405. The van der Waals surface area contributed by atoms with Crippen molar-refractivity contribution in [3.05, 3.63) is 10.6 Å². The number of hydrogen-bond donors (Lipinski definition) is 1. The summed E-state index contributed by atoms with van der Waals surface area (Å²) in [7, 11) is 1.75. The van der Waals surface area contributed by atoms with Gasteiger partial charge >= 0.3 is 0 Å². The van der Waals surface area contributed by atoms with Gasteiger partial charge in [0.05, 0.1) is 12.3 Å². The molecule has 5 heteroatoms. The topological polar surface area (TPSA) is 51.4 Å². The largest absolute Gasteiger partial charge is 0.383 e. The molecular formula is C14H25N3OS. The van der Waals surface area contributed by atoms with Crippen molar-refractivity contribution in [2.75, 3.05) is 31.7 Å². The Morgan fingerprint density at radius 1 is 1.53 bits per heavy atom. The first-order valence-corrected chi connectivity index (χ1v) is 7.92. The molecule has 0 saturated carbocycles. The van der Waals surface area contributed by atoms with Crippen LogP contribution < -0.4 is 10.6 Å². The summed E-state index contributed by atoms with van der Waals surface area (Å²) in [6, 6.07) is 0.193. The van der Waals surface area contributed by atoms with E-state index in [1.165, 1.54) is 17.0 Å². The summed E-state index contributed by atoms with van der Waals surface area (Å²) in [6.45, 7) is 7.13. The van der Waals surface area contributed by atoms with E-state index in [1.54, 1.807) is 18.4 Å². The second-order valence-electron chi connectivity index (χ2n) is 5.64. The molecule has 0 spiro atoms. The SMILES string of the molecule is COCCN(CC(C)C)c1nc2c(s1)C(N)CCC2. The summed E-state index contributed by atoms with van der Waals surface area (Å²) in [5, 5.41) is 1.12. The molecule has 1 aromatic heterocycles. The molecule has 0 fully saturated rings. The molecule has 0 radical (unpaired) electrons. The third kappa shape index (κ3) is 3.68. The van der Waals surface area contributed by atoms with Crippen molar-refractivity contribution in [1.82, 2.24) is 4.98 Å². The average molecular weight is 283 g/mol. The number of fused-ring (bicyclic) bond motifs is 1. The van der Waals surface area contributed by atoms with Crippen molar-refractivity contribution in [3.8, 4) is 0 Å². The van der Waals surface area contributed by atoms with Gasteiger partial charge in [0.25, 0.3) is 0 Å². The highest BCUT2D eigenvalue weighted by Crippen LogP contribution is 2.36. The number of anilines is 1. The van der Waals surface area contributed by atoms with Crippen LogP contribution >= 0.6 is 11.3 Å². The molecular weight excluding hydrogens is 258 g/mol. The fraction of sp³-hybridized carbons (Fsp3) is 0.786. The van der Waals surface area contributed by atoms with E-state index in [4.69, 9.17) is 15.5 Å². The standard InChI is InChI=1S/C14H25N3OS/c1-10(2)9-17(7-8-18-3)14-16-12-6-4-5-11(15)13(12)19-14/h10-11H,4-9,15H2,1-3H3. The first kappa shape index (κ1) is 14.8. The molecule has 1 aromatic rings. The lowest BCUT2D eigenvalue weighted by atomic mass is 9.99. The van der Waals surface area contributed by atoms with Crippen LogP contribution in [0.3, 0.4) is 0 Å². The normalized spacial score (nSPS) is 18.7. The predicted molar refractivity (Wildman–Crippen MR) is 80.9 cm³/mol. The Labute approximate surface area is 120 Å². The maximum Gasteiger partial charge on any atom is 0.185 e. The molecule has 1 unspecified atom stereocenters. The highest BCUT2D eigenvalue weighted by Gasteiger charge is 2.23. The molecule has 2 N–H and O–H groups in total. The van der Waals surface area contributed by atoms with Crippen LogP contribution in [0, 0.1) is 5.92 Å². The molecule has 1 aliphatic rings. The Hall–Kier alpha value is -0.650. The number of hydrogen-bond acceptors (Lipinski definition) is 5. The van der Waals surface area contributed by atoms with Gasteiger partial charge in [-0.05, 0) is 25.2 Å². The Morgan fingerprint density at radius 2 is 2.32 bits per heavy atom. The summed E-state index contributed by atoms with van der Waals surface area (Å²) >= 11 is 1.78. The third-order valence-corrected chi connectivity index (χ3v) is 4.69. The van der Waals surface area contributed by atoms with Gasteiger partial charge in [0.1, 0.15) is 0 Å². The van der Waals surface area contributed by atoms with Crippen LogP contribution in [0.25, 0.3) is 0 Å². The molecule has 2 rings (SSSR count). The Morgan fingerprint density at radius 3 is 2.95 bits per heavy atom. The number of nitrogens with two attached hydrogens (primary N) is 1. The fourth-order valence-corrected chi connectivity index (χ4v) is 3.66. The molecule has 0 aliphatic heterocycles. The van der Waals surface area contributed by atoms with Crippen LogP contribution in [-0.2, 0) is 11.2 Å². The van der Waals surface area contributed by atoms with Crippen LogP contribution in [-0.4, -0.2) is 31.8 Å². The first-order chi connectivity index (χ1) is 9.11. The molecule has 108 valence electrons. The second-order valence-corrected chi connectivity index (χ2v) is 6.65. The quantitative estimate of drug-likeness (QED) is 0.872. The molecule has 0 amide bonds. The molecule has 0 aromatic carbocycles. The number of ether oxygens (including phenoxy) is 1. The van der Waals surface area contributed by atoms with E-state index >= 15 is 0 Å². The molecule has 0 bridgehead atoms. The number of aromatic nitrogens is 1. The lowest BCUT2D eigenvalue weighted by Crippen LogP contribution is -2.30. The maximum atomic E-state index is 6.19. The summed E-state index contributed by atoms with van der Waals surface area (Å²) in [5.41, 5.74) is 7.42. The fourth-order valence-electron chi connectivity index (χ4n) is 2.48. The van der Waals surface area contributed by atoms with Gasteiger partial charge in [-0.2, -0.15) is 0 Å². The summed E-state index contributed by atoms with van der Waals surface area (Å²) in [6.07, 6.45) is 3.34.